The van der Waals surface area contributed by atoms with Crippen LogP contribution in [0.2, 0.25) is 0 Å². The smallest absolute Gasteiger partial charge is 0.328 e. The molecule has 1 aliphatic carbocycles. The maximum Gasteiger partial charge on any atom is 0.328 e. The lowest BCUT2D eigenvalue weighted by Crippen LogP contribution is -2.33. The van der Waals surface area contributed by atoms with Crippen molar-refractivity contribution >= 4 is 5.91 Å². The van der Waals surface area contributed by atoms with E-state index in [1.54, 1.807) is 6.92 Å². The molecule has 1 fully saturated rings. The van der Waals surface area contributed by atoms with Crippen LogP contribution in [0.25, 0.3) is 0 Å². The Balaban J connectivity index is 1.98. The zero-order valence-corrected chi connectivity index (χ0v) is 9.66. The van der Waals surface area contributed by atoms with E-state index in [1.807, 2.05) is 0 Å². The fraction of sp³-hybridized carbons (Fsp3) is 0.545. The molecule has 0 aliphatic heterocycles. The number of nitrogens with one attached hydrogen (secondary N) is 2. The molecule has 1 aromatic rings. The van der Waals surface area contributed by atoms with Crippen molar-refractivity contribution in [1.82, 2.24) is 14.9 Å². The van der Waals surface area contributed by atoms with Crippen LogP contribution in [0, 0.1) is 6.92 Å². The molecule has 6 nitrogen and oxygen atoms in total. The molecule has 1 amide bonds. The van der Waals surface area contributed by atoms with Crippen LogP contribution in [0.15, 0.2) is 15.8 Å². The van der Waals surface area contributed by atoms with E-state index in [0.29, 0.717) is 11.6 Å². The van der Waals surface area contributed by atoms with Gasteiger partial charge in [0.25, 0.3) is 5.56 Å². The van der Waals surface area contributed by atoms with E-state index in [2.05, 4.69) is 10.3 Å². The second-order valence-electron chi connectivity index (χ2n) is 4.36. The monoisotopic (exact) mass is 237 g/mol. The largest absolute Gasteiger partial charge is 0.353 e. The van der Waals surface area contributed by atoms with Crippen molar-refractivity contribution < 1.29 is 4.79 Å². The first-order valence-electron chi connectivity index (χ1n) is 5.66. The van der Waals surface area contributed by atoms with Gasteiger partial charge >= 0.3 is 5.69 Å². The van der Waals surface area contributed by atoms with Crippen LogP contribution in [0.1, 0.15) is 24.8 Å². The fourth-order valence-corrected chi connectivity index (χ4v) is 1.53. The molecule has 2 rings (SSSR count). The van der Waals surface area contributed by atoms with Crippen LogP contribution in [0.3, 0.4) is 0 Å². The molecule has 17 heavy (non-hydrogen) atoms. The number of aryl methyl sites for hydroxylation is 2. The van der Waals surface area contributed by atoms with E-state index in [1.165, 1.54) is 10.8 Å². The Morgan fingerprint density at radius 1 is 1.53 bits per heavy atom. The highest BCUT2D eigenvalue weighted by Crippen LogP contribution is 2.18. The van der Waals surface area contributed by atoms with Crippen LogP contribution in [-0.2, 0) is 11.3 Å². The molecule has 0 saturated heterocycles. The molecule has 1 aromatic heterocycles. The van der Waals surface area contributed by atoms with Gasteiger partial charge in [-0.25, -0.2) is 4.79 Å². The van der Waals surface area contributed by atoms with Crippen molar-refractivity contribution in [2.75, 3.05) is 0 Å². The maximum absolute atomic E-state index is 11.4. The molecule has 92 valence electrons. The predicted molar refractivity (Wildman–Crippen MR) is 61.8 cm³/mol. The van der Waals surface area contributed by atoms with E-state index < -0.39 is 5.69 Å². The van der Waals surface area contributed by atoms with Gasteiger partial charge in [0.2, 0.25) is 5.91 Å². The Bertz CT molecular complexity index is 540. The number of amides is 1. The minimum absolute atomic E-state index is 0.0525. The normalized spacial score (nSPS) is 14.6. The summed E-state index contributed by atoms with van der Waals surface area (Å²) in [5.74, 6) is -0.0525. The van der Waals surface area contributed by atoms with Crippen molar-refractivity contribution in [3.05, 3.63) is 32.6 Å². The number of nitrogens with zero attached hydrogens (tertiary/aromatic N) is 1. The van der Waals surface area contributed by atoms with Crippen LogP contribution in [0.4, 0.5) is 0 Å². The highest BCUT2D eigenvalue weighted by Gasteiger charge is 2.22. The first kappa shape index (κ1) is 11.6. The zero-order chi connectivity index (χ0) is 12.4. The Hall–Kier alpha value is -1.85. The molecule has 1 heterocycles. The number of carbonyl (C=O) groups excluding carboxylic acids is 1. The van der Waals surface area contributed by atoms with Gasteiger partial charge in [0.15, 0.2) is 0 Å². The molecule has 6 heteroatoms. The second-order valence-corrected chi connectivity index (χ2v) is 4.36. The summed E-state index contributed by atoms with van der Waals surface area (Å²) in [6, 6.07) is 0.330. The summed E-state index contributed by atoms with van der Waals surface area (Å²) in [6.07, 6.45) is 3.82. The molecule has 0 radical (unpaired) electrons. The standard InChI is InChI=1S/C11H15N3O3/c1-7-6-14(11(17)13-10(7)16)5-4-9(15)12-8-2-3-8/h6,8H,2-5H2,1H3,(H,12,15)(H,13,16,17). The number of hydrogen-bond donors (Lipinski definition) is 2. The molecule has 1 aliphatic rings. The second kappa shape index (κ2) is 4.57. The van der Waals surface area contributed by atoms with Crippen molar-refractivity contribution in [3.8, 4) is 0 Å². The molecule has 0 atom stereocenters. The number of aromatic amines is 1. The van der Waals surface area contributed by atoms with Gasteiger partial charge in [-0.05, 0) is 19.8 Å². The van der Waals surface area contributed by atoms with Crippen molar-refractivity contribution in [1.29, 1.82) is 0 Å². The lowest BCUT2D eigenvalue weighted by Gasteiger charge is -2.06. The first-order chi connectivity index (χ1) is 8.06. The van der Waals surface area contributed by atoms with Crippen molar-refractivity contribution in [3.63, 3.8) is 0 Å². The average molecular weight is 237 g/mol. The summed E-state index contributed by atoms with van der Waals surface area (Å²) in [5, 5.41) is 2.84. The Kier molecular flexibility index (Phi) is 3.12. The van der Waals surface area contributed by atoms with Crippen LogP contribution >= 0.6 is 0 Å². The van der Waals surface area contributed by atoms with Gasteiger partial charge in [0.05, 0.1) is 0 Å². The van der Waals surface area contributed by atoms with Crippen LogP contribution < -0.4 is 16.6 Å². The molecular weight excluding hydrogens is 222 g/mol. The quantitative estimate of drug-likeness (QED) is 0.741. The molecule has 0 unspecified atom stereocenters. The number of aromatic nitrogens is 2. The molecular formula is C11H15N3O3. The summed E-state index contributed by atoms with van der Waals surface area (Å²) in [5.41, 5.74) is -0.388. The molecule has 0 spiro atoms. The van der Waals surface area contributed by atoms with Gasteiger partial charge in [0, 0.05) is 30.8 Å². The lowest BCUT2D eigenvalue weighted by molar-refractivity contribution is -0.121. The van der Waals surface area contributed by atoms with E-state index in [4.69, 9.17) is 0 Å². The average Bonchev–Trinajstić information content (AvgIpc) is 3.05. The van der Waals surface area contributed by atoms with Gasteiger partial charge < -0.3 is 5.32 Å². The highest BCUT2D eigenvalue weighted by molar-refractivity contribution is 5.76. The van der Waals surface area contributed by atoms with Crippen molar-refractivity contribution in [2.45, 2.75) is 38.8 Å². The SMILES string of the molecule is Cc1cn(CCC(=O)NC2CC2)c(=O)[nH]c1=O. The number of carbonyl (C=O) groups is 1. The Morgan fingerprint density at radius 3 is 2.88 bits per heavy atom. The Morgan fingerprint density at radius 2 is 2.24 bits per heavy atom. The molecule has 0 aromatic carbocycles. The summed E-state index contributed by atoms with van der Waals surface area (Å²) in [4.78, 5) is 36.2. The van der Waals surface area contributed by atoms with E-state index in [-0.39, 0.29) is 24.4 Å². The third-order valence-corrected chi connectivity index (χ3v) is 2.71. The van der Waals surface area contributed by atoms with E-state index >= 15 is 0 Å². The number of rotatable bonds is 4. The highest BCUT2D eigenvalue weighted by atomic mass is 16.2. The van der Waals surface area contributed by atoms with Crippen LogP contribution in [-0.4, -0.2) is 21.5 Å². The van der Waals surface area contributed by atoms with Gasteiger partial charge in [-0.2, -0.15) is 0 Å². The van der Waals surface area contributed by atoms with Gasteiger partial charge in [-0.1, -0.05) is 0 Å². The van der Waals surface area contributed by atoms with Crippen LogP contribution in [0.5, 0.6) is 0 Å². The third kappa shape index (κ3) is 3.05. The van der Waals surface area contributed by atoms with E-state index in [0.717, 1.165) is 12.8 Å². The first-order valence-corrected chi connectivity index (χ1v) is 5.66. The van der Waals surface area contributed by atoms with E-state index in [9.17, 15) is 14.4 Å². The zero-order valence-electron chi connectivity index (χ0n) is 9.66. The summed E-state index contributed by atoms with van der Waals surface area (Å²) >= 11 is 0. The topological polar surface area (TPSA) is 84.0 Å². The molecule has 0 bridgehead atoms. The maximum atomic E-state index is 11.4. The lowest BCUT2D eigenvalue weighted by atomic mass is 10.3. The van der Waals surface area contributed by atoms with Gasteiger partial charge in [0.1, 0.15) is 0 Å². The number of H-pyrrole nitrogens is 1. The summed E-state index contributed by atoms with van der Waals surface area (Å²) in [7, 11) is 0. The summed E-state index contributed by atoms with van der Waals surface area (Å²) < 4.78 is 1.35. The molecule has 1 saturated carbocycles. The number of hydrogen-bond acceptors (Lipinski definition) is 3. The minimum atomic E-state index is -0.472. The predicted octanol–water partition coefficient (Wildman–Crippen LogP) is -0.486. The Labute approximate surface area is 97.7 Å². The van der Waals surface area contributed by atoms with Gasteiger partial charge in [-0.15, -0.1) is 0 Å². The van der Waals surface area contributed by atoms with Gasteiger partial charge in [-0.3, -0.25) is 19.1 Å². The third-order valence-electron chi connectivity index (χ3n) is 2.71. The summed E-state index contributed by atoms with van der Waals surface area (Å²) in [6.45, 7) is 1.91. The minimum Gasteiger partial charge on any atom is -0.353 e. The molecule has 2 N–H and O–H groups in total. The fourth-order valence-electron chi connectivity index (χ4n) is 1.53. The van der Waals surface area contributed by atoms with Crippen molar-refractivity contribution in [2.24, 2.45) is 0 Å².